The highest BCUT2D eigenvalue weighted by molar-refractivity contribution is 5.97. The molecule has 0 aliphatic heterocycles. The van der Waals surface area contributed by atoms with E-state index in [0.717, 1.165) is 11.1 Å². The van der Waals surface area contributed by atoms with E-state index in [4.69, 9.17) is 4.52 Å². The van der Waals surface area contributed by atoms with E-state index in [9.17, 15) is 9.59 Å². The van der Waals surface area contributed by atoms with Crippen LogP contribution in [0.25, 0.3) is 17.4 Å². The Labute approximate surface area is 143 Å². The van der Waals surface area contributed by atoms with E-state index in [-0.39, 0.29) is 5.69 Å². The van der Waals surface area contributed by atoms with Crippen LogP contribution < -0.4 is 10.9 Å². The van der Waals surface area contributed by atoms with Gasteiger partial charge < -0.3 is 4.52 Å². The molecule has 0 bridgehead atoms. The third-order valence-electron chi connectivity index (χ3n) is 3.25. The number of carbonyl (C=O) groups excluding carboxylic acids is 2. The lowest BCUT2D eigenvalue weighted by atomic mass is 10.1. The van der Waals surface area contributed by atoms with Gasteiger partial charge in [0.15, 0.2) is 11.5 Å². The number of rotatable bonds is 4. The first-order chi connectivity index (χ1) is 12.1. The monoisotopic (exact) mass is 337 g/mol. The van der Waals surface area contributed by atoms with Crippen molar-refractivity contribution in [1.29, 1.82) is 0 Å². The normalized spacial score (nSPS) is 10.8. The molecule has 0 saturated heterocycles. The van der Waals surface area contributed by atoms with Gasteiger partial charge >= 0.3 is 0 Å². The summed E-state index contributed by atoms with van der Waals surface area (Å²) in [6, 6.07) is 10.8. The maximum absolute atomic E-state index is 12.0. The number of hydrazine groups is 1. The number of nitrogens with one attached hydrogen (secondary N) is 2. The number of hydrogen-bond acceptors (Lipinski definition) is 5. The molecule has 0 aliphatic rings. The summed E-state index contributed by atoms with van der Waals surface area (Å²) < 4.78 is 6.76. The third kappa shape index (κ3) is 4.20. The molecular weight excluding hydrogens is 322 g/mol. The molecule has 3 aromatic rings. The van der Waals surface area contributed by atoms with Crippen LogP contribution >= 0.6 is 0 Å². The summed E-state index contributed by atoms with van der Waals surface area (Å²) in [4.78, 5) is 23.7. The molecule has 2 amide bonds. The first-order valence-electron chi connectivity index (χ1n) is 7.41. The average molecular weight is 337 g/mol. The van der Waals surface area contributed by atoms with Gasteiger partial charge in [-0.05, 0) is 6.08 Å². The van der Waals surface area contributed by atoms with Gasteiger partial charge in [0.05, 0.1) is 6.20 Å². The van der Waals surface area contributed by atoms with Crippen molar-refractivity contribution < 1.29 is 14.1 Å². The molecule has 8 heteroatoms. The fourth-order valence-electron chi connectivity index (χ4n) is 2.04. The quantitative estimate of drug-likeness (QED) is 0.555. The molecule has 0 radical (unpaired) electrons. The molecule has 0 spiro atoms. The SMILES string of the molecule is Cn1cc(/C=C/C(=O)NNC(=O)c2cc(-c3ccccc3)on2)cn1. The molecule has 126 valence electrons. The number of aromatic nitrogens is 3. The Morgan fingerprint density at radius 2 is 2.00 bits per heavy atom. The van der Waals surface area contributed by atoms with E-state index in [2.05, 4.69) is 21.1 Å². The van der Waals surface area contributed by atoms with Crippen molar-refractivity contribution in [3.63, 3.8) is 0 Å². The molecular formula is C17H15N5O3. The van der Waals surface area contributed by atoms with Crippen molar-refractivity contribution >= 4 is 17.9 Å². The Bertz CT molecular complexity index is 911. The second kappa shape index (κ2) is 7.26. The molecule has 0 saturated carbocycles. The van der Waals surface area contributed by atoms with Crippen molar-refractivity contribution in [2.45, 2.75) is 0 Å². The fourth-order valence-corrected chi connectivity index (χ4v) is 2.04. The van der Waals surface area contributed by atoms with Gasteiger partial charge in [-0.25, -0.2) is 0 Å². The molecule has 25 heavy (non-hydrogen) atoms. The maximum Gasteiger partial charge on any atom is 0.291 e. The Morgan fingerprint density at radius 3 is 2.72 bits per heavy atom. The van der Waals surface area contributed by atoms with E-state index in [1.807, 2.05) is 30.3 Å². The fraction of sp³-hybridized carbons (Fsp3) is 0.0588. The summed E-state index contributed by atoms with van der Waals surface area (Å²) in [6.07, 6.45) is 6.24. The van der Waals surface area contributed by atoms with Crippen LogP contribution in [0.2, 0.25) is 0 Å². The van der Waals surface area contributed by atoms with Crippen LogP contribution in [0.4, 0.5) is 0 Å². The van der Waals surface area contributed by atoms with Crippen molar-refractivity contribution in [3.05, 3.63) is 66.1 Å². The molecule has 0 unspecified atom stereocenters. The summed E-state index contributed by atoms with van der Waals surface area (Å²) in [5.41, 5.74) is 6.18. The molecule has 1 aromatic carbocycles. The second-order valence-electron chi connectivity index (χ2n) is 5.17. The second-order valence-corrected chi connectivity index (χ2v) is 5.17. The lowest BCUT2D eigenvalue weighted by molar-refractivity contribution is -0.117. The van der Waals surface area contributed by atoms with Gasteiger partial charge in [-0.3, -0.25) is 25.1 Å². The molecule has 0 aliphatic carbocycles. The molecule has 2 N–H and O–H groups in total. The first kappa shape index (κ1) is 16.2. The number of aryl methyl sites for hydroxylation is 1. The number of nitrogens with zero attached hydrogens (tertiary/aromatic N) is 3. The van der Waals surface area contributed by atoms with E-state index in [1.54, 1.807) is 30.2 Å². The summed E-state index contributed by atoms with van der Waals surface area (Å²) in [5.74, 6) is -0.591. The summed E-state index contributed by atoms with van der Waals surface area (Å²) >= 11 is 0. The summed E-state index contributed by atoms with van der Waals surface area (Å²) in [6.45, 7) is 0. The predicted molar refractivity (Wildman–Crippen MR) is 89.8 cm³/mol. The standard InChI is InChI=1S/C17H15N5O3/c1-22-11-12(10-18-22)7-8-16(23)19-20-17(24)14-9-15(25-21-14)13-5-3-2-4-6-13/h2-11H,1H3,(H,19,23)(H,20,24)/b8-7+. The zero-order valence-electron chi connectivity index (χ0n) is 13.3. The van der Waals surface area contributed by atoms with E-state index < -0.39 is 11.8 Å². The lowest BCUT2D eigenvalue weighted by Crippen LogP contribution is -2.40. The molecule has 8 nitrogen and oxygen atoms in total. The van der Waals surface area contributed by atoms with E-state index in [1.165, 1.54) is 12.1 Å². The summed E-state index contributed by atoms with van der Waals surface area (Å²) in [5, 5.41) is 7.68. The minimum absolute atomic E-state index is 0.0652. The largest absolute Gasteiger partial charge is 0.355 e. The molecule has 3 rings (SSSR count). The predicted octanol–water partition coefficient (Wildman–Crippen LogP) is 1.55. The summed E-state index contributed by atoms with van der Waals surface area (Å²) in [7, 11) is 1.78. The van der Waals surface area contributed by atoms with Crippen LogP contribution in [0.3, 0.4) is 0 Å². The molecule has 0 fully saturated rings. The van der Waals surface area contributed by atoms with Crippen molar-refractivity contribution in [1.82, 2.24) is 25.8 Å². The number of benzene rings is 1. The van der Waals surface area contributed by atoms with Gasteiger partial charge in [-0.2, -0.15) is 5.10 Å². The van der Waals surface area contributed by atoms with E-state index in [0.29, 0.717) is 5.76 Å². The van der Waals surface area contributed by atoms with Crippen LogP contribution in [0.15, 0.2) is 59.4 Å². The highest BCUT2D eigenvalue weighted by Crippen LogP contribution is 2.19. The van der Waals surface area contributed by atoms with E-state index >= 15 is 0 Å². The van der Waals surface area contributed by atoms with Gasteiger partial charge in [-0.15, -0.1) is 0 Å². The molecule has 2 heterocycles. The zero-order valence-corrected chi connectivity index (χ0v) is 13.3. The smallest absolute Gasteiger partial charge is 0.291 e. The van der Waals surface area contributed by atoms with Gasteiger partial charge in [0.2, 0.25) is 0 Å². The molecule has 2 aromatic heterocycles. The van der Waals surface area contributed by atoms with Crippen molar-refractivity contribution in [3.8, 4) is 11.3 Å². The van der Waals surface area contributed by atoms with Crippen LogP contribution in [-0.4, -0.2) is 26.8 Å². The van der Waals surface area contributed by atoms with Crippen LogP contribution in [0.5, 0.6) is 0 Å². The minimum Gasteiger partial charge on any atom is -0.355 e. The van der Waals surface area contributed by atoms with Crippen LogP contribution in [0, 0.1) is 0 Å². The maximum atomic E-state index is 12.0. The van der Waals surface area contributed by atoms with Gasteiger partial charge in [-0.1, -0.05) is 35.5 Å². The number of carbonyl (C=O) groups is 2. The Hall–Kier alpha value is -3.68. The highest BCUT2D eigenvalue weighted by atomic mass is 16.5. The van der Waals surface area contributed by atoms with Crippen LogP contribution in [-0.2, 0) is 11.8 Å². The highest BCUT2D eigenvalue weighted by Gasteiger charge is 2.13. The van der Waals surface area contributed by atoms with Crippen molar-refractivity contribution in [2.75, 3.05) is 0 Å². The van der Waals surface area contributed by atoms with Crippen LogP contribution in [0.1, 0.15) is 16.1 Å². The Morgan fingerprint density at radius 1 is 1.20 bits per heavy atom. The Kier molecular flexibility index (Phi) is 4.70. The van der Waals surface area contributed by atoms with Gasteiger partial charge in [0, 0.05) is 36.5 Å². The Balaban J connectivity index is 1.55. The lowest BCUT2D eigenvalue weighted by Gasteiger charge is -2.01. The topological polar surface area (TPSA) is 102 Å². The van der Waals surface area contributed by atoms with Gasteiger partial charge in [0.25, 0.3) is 11.8 Å². The number of amides is 2. The minimum atomic E-state index is -0.575. The first-order valence-corrected chi connectivity index (χ1v) is 7.41. The van der Waals surface area contributed by atoms with Gasteiger partial charge in [0.1, 0.15) is 0 Å². The van der Waals surface area contributed by atoms with Crippen molar-refractivity contribution in [2.24, 2.45) is 7.05 Å². The number of hydrogen-bond donors (Lipinski definition) is 2. The average Bonchev–Trinajstić information content (AvgIpc) is 3.28. The molecule has 0 atom stereocenters. The third-order valence-corrected chi connectivity index (χ3v) is 3.25. The zero-order chi connectivity index (χ0) is 17.6.